The second kappa shape index (κ2) is 13.0. The minimum Gasteiger partial charge on any atom is -0.497 e. The number of unbranched alkanes of at least 4 members (excludes halogenated alkanes) is 1. The fraction of sp³-hybridized carbons (Fsp3) is 0.235. The lowest BCUT2D eigenvalue weighted by Crippen LogP contribution is -2.23. The quantitative estimate of drug-likeness (QED) is 0.115. The van der Waals surface area contributed by atoms with Crippen molar-refractivity contribution in [3.8, 4) is 34.1 Å². The van der Waals surface area contributed by atoms with E-state index in [-0.39, 0.29) is 11.4 Å². The zero-order chi connectivity index (χ0) is 28.5. The summed E-state index contributed by atoms with van der Waals surface area (Å²) in [6.07, 6.45) is 2.37. The Kier molecular flexibility index (Phi) is 9.23. The van der Waals surface area contributed by atoms with Crippen LogP contribution in [0.4, 0.5) is 4.79 Å². The van der Waals surface area contributed by atoms with Crippen LogP contribution in [0.2, 0.25) is 0 Å². The second-order valence-corrected chi connectivity index (χ2v) is 9.79. The van der Waals surface area contributed by atoms with Gasteiger partial charge in [-0.3, -0.25) is 4.79 Å². The predicted molar refractivity (Wildman–Crippen MR) is 155 cm³/mol. The fourth-order valence-corrected chi connectivity index (χ4v) is 4.65. The molecule has 0 radical (unpaired) electrons. The average Bonchev–Trinajstić information content (AvgIpc) is 2.97. The van der Waals surface area contributed by atoms with Crippen molar-refractivity contribution >= 4 is 12.1 Å². The van der Waals surface area contributed by atoms with Gasteiger partial charge in [-0.1, -0.05) is 75.2 Å². The summed E-state index contributed by atoms with van der Waals surface area (Å²) in [6.45, 7) is 5.79. The molecule has 0 aliphatic carbocycles. The molecule has 4 aromatic carbocycles. The number of hydrogen-bond acceptors (Lipinski definition) is 6. The van der Waals surface area contributed by atoms with Crippen LogP contribution in [0, 0.1) is 0 Å². The first-order valence-corrected chi connectivity index (χ1v) is 13.3. The highest BCUT2D eigenvalue weighted by atomic mass is 16.7. The summed E-state index contributed by atoms with van der Waals surface area (Å²) < 4.78 is 21.2. The number of carbonyl (C=O) groups excluding carboxylic acids is 2. The summed E-state index contributed by atoms with van der Waals surface area (Å²) in [4.78, 5) is 23.6. The molecule has 0 aliphatic rings. The topological polar surface area (TPSA) is 71.1 Å². The molecule has 0 heterocycles. The molecule has 206 valence electrons. The molecule has 0 N–H and O–H groups in total. The largest absolute Gasteiger partial charge is 0.519 e. The molecule has 0 spiro atoms. The van der Waals surface area contributed by atoms with Crippen molar-refractivity contribution in [2.24, 2.45) is 0 Å². The van der Waals surface area contributed by atoms with Crippen LogP contribution in [-0.2, 0) is 10.2 Å². The number of ether oxygens (including phenoxy) is 4. The monoisotopic (exact) mass is 538 g/mol. The van der Waals surface area contributed by atoms with Gasteiger partial charge >= 0.3 is 12.1 Å². The van der Waals surface area contributed by atoms with Crippen LogP contribution < -0.4 is 18.9 Å². The van der Waals surface area contributed by atoms with Gasteiger partial charge in [0.15, 0.2) is 0 Å². The molecule has 0 saturated carbocycles. The predicted octanol–water partition coefficient (Wildman–Crippen LogP) is 8.36. The molecule has 1 unspecified atom stereocenters. The molecule has 0 saturated heterocycles. The van der Waals surface area contributed by atoms with Gasteiger partial charge < -0.3 is 18.9 Å². The van der Waals surface area contributed by atoms with E-state index in [0.29, 0.717) is 17.2 Å². The number of esters is 1. The van der Waals surface area contributed by atoms with Crippen molar-refractivity contribution in [1.82, 2.24) is 0 Å². The van der Waals surface area contributed by atoms with Crippen molar-refractivity contribution in [3.63, 3.8) is 0 Å². The number of benzene rings is 4. The molecule has 6 heteroatoms. The van der Waals surface area contributed by atoms with Gasteiger partial charge in [0.1, 0.15) is 23.0 Å². The van der Waals surface area contributed by atoms with Crippen LogP contribution in [0.1, 0.15) is 51.2 Å². The minimum atomic E-state index is -0.810. The molecular formula is C34H34O6. The van der Waals surface area contributed by atoms with E-state index in [2.05, 4.69) is 26.0 Å². The van der Waals surface area contributed by atoms with Gasteiger partial charge in [0.05, 0.1) is 7.11 Å². The Morgan fingerprint density at radius 1 is 0.625 bits per heavy atom. The molecule has 0 amide bonds. The first-order valence-electron chi connectivity index (χ1n) is 13.3. The first-order chi connectivity index (χ1) is 19.3. The van der Waals surface area contributed by atoms with Crippen LogP contribution in [0.3, 0.4) is 0 Å². The first kappa shape index (κ1) is 28.4. The van der Waals surface area contributed by atoms with E-state index < -0.39 is 6.16 Å². The maximum Gasteiger partial charge on any atom is 0.519 e. The van der Waals surface area contributed by atoms with Crippen molar-refractivity contribution in [2.75, 3.05) is 7.11 Å². The lowest BCUT2D eigenvalue weighted by atomic mass is 9.73. The third kappa shape index (κ3) is 7.08. The van der Waals surface area contributed by atoms with Gasteiger partial charge in [-0.15, -0.1) is 0 Å². The average molecular weight is 539 g/mol. The van der Waals surface area contributed by atoms with E-state index in [9.17, 15) is 9.59 Å². The molecule has 40 heavy (non-hydrogen) atoms. The zero-order valence-electron chi connectivity index (χ0n) is 23.3. The number of methoxy groups -OCH3 is 1. The standard InChI is InChI=1S/C34H34O6/c1-5-6-23-34(3,27-11-19-29(37-4)20-12-27)28-13-21-32(22-14-28)40-33(36)39-31-17-9-26(10-18-31)25-7-15-30(16-8-25)38-24(2)35/h7-22H,5-6,23H2,1-4H3. The summed E-state index contributed by atoms with van der Waals surface area (Å²) >= 11 is 0. The summed E-state index contributed by atoms with van der Waals surface area (Å²) in [5, 5.41) is 0. The van der Waals surface area contributed by atoms with E-state index in [1.807, 2.05) is 48.5 Å². The Labute approximate surface area is 235 Å². The molecule has 0 aliphatic heterocycles. The van der Waals surface area contributed by atoms with Gasteiger partial charge in [-0.05, 0) is 77.2 Å². The highest BCUT2D eigenvalue weighted by Gasteiger charge is 2.28. The Balaban J connectivity index is 1.40. The molecule has 0 aromatic heterocycles. The fourth-order valence-electron chi connectivity index (χ4n) is 4.65. The molecule has 0 fully saturated rings. The Morgan fingerprint density at radius 3 is 1.43 bits per heavy atom. The summed E-state index contributed by atoms with van der Waals surface area (Å²) in [5.41, 5.74) is 4.02. The summed E-state index contributed by atoms with van der Waals surface area (Å²) in [6, 6.07) is 30.1. The number of carbonyl (C=O) groups is 2. The zero-order valence-corrected chi connectivity index (χ0v) is 23.3. The minimum absolute atomic E-state index is 0.191. The summed E-state index contributed by atoms with van der Waals surface area (Å²) in [5.74, 6) is 1.72. The molecule has 1 atom stereocenters. The molecule has 6 nitrogen and oxygen atoms in total. The van der Waals surface area contributed by atoms with Crippen molar-refractivity contribution in [1.29, 1.82) is 0 Å². The normalized spacial score (nSPS) is 12.2. The number of rotatable bonds is 10. The van der Waals surface area contributed by atoms with Gasteiger partial charge in [-0.2, -0.15) is 0 Å². The lowest BCUT2D eigenvalue weighted by molar-refractivity contribution is -0.131. The molecule has 4 aromatic rings. The van der Waals surface area contributed by atoms with E-state index in [0.717, 1.165) is 41.7 Å². The van der Waals surface area contributed by atoms with Crippen LogP contribution in [-0.4, -0.2) is 19.2 Å². The summed E-state index contributed by atoms with van der Waals surface area (Å²) in [7, 11) is 1.67. The lowest BCUT2D eigenvalue weighted by Gasteiger charge is -2.31. The van der Waals surface area contributed by atoms with E-state index >= 15 is 0 Å². The van der Waals surface area contributed by atoms with Crippen molar-refractivity contribution in [3.05, 3.63) is 108 Å². The highest BCUT2D eigenvalue weighted by Crippen LogP contribution is 2.38. The highest BCUT2D eigenvalue weighted by molar-refractivity contribution is 5.71. The Hall–Kier alpha value is -4.58. The van der Waals surface area contributed by atoms with E-state index in [4.69, 9.17) is 18.9 Å². The van der Waals surface area contributed by atoms with Gasteiger partial charge in [0, 0.05) is 12.3 Å². The second-order valence-electron chi connectivity index (χ2n) is 9.79. The van der Waals surface area contributed by atoms with E-state index in [1.165, 1.54) is 12.5 Å². The van der Waals surface area contributed by atoms with Crippen LogP contribution >= 0.6 is 0 Å². The van der Waals surface area contributed by atoms with Crippen molar-refractivity contribution < 1.29 is 28.5 Å². The molecule has 0 bridgehead atoms. The molecule has 4 rings (SSSR count). The van der Waals surface area contributed by atoms with Gasteiger partial charge in [0.25, 0.3) is 0 Å². The Bertz CT molecular complexity index is 1410. The van der Waals surface area contributed by atoms with Crippen LogP contribution in [0.25, 0.3) is 11.1 Å². The van der Waals surface area contributed by atoms with Crippen LogP contribution in [0.5, 0.6) is 23.0 Å². The van der Waals surface area contributed by atoms with Crippen LogP contribution in [0.15, 0.2) is 97.1 Å². The van der Waals surface area contributed by atoms with Gasteiger partial charge in [-0.25, -0.2) is 4.79 Å². The van der Waals surface area contributed by atoms with Gasteiger partial charge in [0.2, 0.25) is 0 Å². The Morgan fingerprint density at radius 2 is 1.02 bits per heavy atom. The van der Waals surface area contributed by atoms with Crippen molar-refractivity contribution in [2.45, 2.75) is 45.4 Å². The third-order valence-electron chi connectivity index (χ3n) is 6.95. The third-order valence-corrected chi connectivity index (χ3v) is 6.95. The van der Waals surface area contributed by atoms with E-state index in [1.54, 1.807) is 43.5 Å². The maximum atomic E-state index is 12.5. The number of hydrogen-bond donors (Lipinski definition) is 0. The SMILES string of the molecule is CCCCC(C)(c1ccc(OC)cc1)c1ccc(OC(=O)Oc2ccc(-c3ccc(OC(C)=O)cc3)cc2)cc1. The molecular weight excluding hydrogens is 504 g/mol. The maximum absolute atomic E-state index is 12.5. The smallest absolute Gasteiger partial charge is 0.497 e.